The Kier molecular flexibility index (Phi) is 7.82. The van der Waals surface area contributed by atoms with Crippen molar-refractivity contribution in [2.45, 2.75) is 45.4 Å². The molecule has 0 N–H and O–H groups in total. The van der Waals surface area contributed by atoms with Crippen LogP contribution >= 0.6 is 0 Å². The Morgan fingerprint density at radius 1 is 0.553 bits per heavy atom. The Hall–Kier alpha value is -5.34. The minimum atomic E-state index is -0.148. The van der Waals surface area contributed by atoms with Gasteiger partial charge < -0.3 is 9.80 Å². The smallest absolute Gasteiger partial charge is 0.0503 e. The molecule has 1 aliphatic rings. The number of hydrogen-bond donors (Lipinski definition) is 0. The van der Waals surface area contributed by atoms with Gasteiger partial charge in [-0.2, -0.15) is 0 Å². The number of fused-ring (bicyclic) bond motifs is 2. The van der Waals surface area contributed by atoms with Gasteiger partial charge in [-0.15, -0.1) is 0 Å². The van der Waals surface area contributed by atoms with Crippen LogP contribution in [-0.4, -0.2) is 0 Å². The maximum Gasteiger partial charge on any atom is 0.0503 e. The van der Waals surface area contributed by atoms with Crippen molar-refractivity contribution < 1.29 is 0 Å². The maximum atomic E-state index is 2.44. The molecule has 0 aromatic heterocycles. The molecule has 6 aromatic rings. The van der Waals surface area contributed by atoms with Crippen LogP contribution in [0.3, 0.4) is 0 Å². The zero-order valence-electron chi connectivity index (χ0n) is 28.0. The first-order chi connectivity index (χ1) is 22.7. The number of anilines is 5. The van der Waals surface area contributed by atoms with E-state index in [2.05, 4.69) is 208 Å². The average molecular weight is 611 g/mol. The predicted molar refractivity (Wildman–Crippen MR) is 201 cm³/mol. The van der Waals surface area contributed by atoms with Gasteiger partial charge in [0.2, 0.25) is 0 Å². The van der Waals surface area contributed by atoms with Gasteiger partial charge in [0.1, 0.15) is 0 Å². The van der Waals surface area contributed by atoms with Gasteiger partial charge in [0.05, 0.1) is 11.4 Å². The lowest BCUT2D eigenvalue weighted by molar-refractivity contribution is 0.590. The number of nitrogens with zero attached hydrogens (tertiary/aromatic N) is 2. The largest absolute Gasteiger partial charge is 0.317 e. The van der Waals surface area contributed by atoms with Crippen molar-refractivity contribution in [1.29, 1.82) is 0 Å². The van der Waals surface area contributed by atoms with Crippen molar-refractivity contribution in [2.24, 2.45) is 0 Å². The molecule has 0 spiro atoms. The van der Waals surface area contributed by atoms with Gasteiger partial charge in [-0.05, 0) is 99.5 Å². The van der Waals surface area contributed by atoms with E-state index < -0.39 is 0 Å². The van der Waals surface area contributed by atoms with Crippen molar-refractivity contribution in [3.05, 3.63) is 180 Å². The molecule has 2 heteroatoms. The number of benzene rings is 6. The molecule has 1 aliphatic heterocycles. The standard InChI is InChI=1S/C45H42N2/c1-44(2,3)36-25-27-39(28-26-36)47-42-19-13-12-18-40(42)45(4,5)41-32-35(24-29-43(41)47)34-22-20-33(21-23-34)30-31-46(37-14-8-6-9-15-37)38-16-10-7-11-17-38/h6-32H,1-5H3/b31-30+. The van der Waals surface area contributed by atoms with Crippen LogP contribution in [0.4, 0.5) is 28.4 Å². The number of rotatable bonds is 6. The summed E-state index contributed by atoms with van der Waals surface area (Å²) in [5.41, 5.74) is 13.5. The van der Waals surface area contributed by atoms with Gasteiger partial charge in [-0.1, -0.05) is 132 Å². The van der Waals surface area contributed by atoms with E-state index in [0.29, 0.717) is 0 Å². The van der Waals surface area contributed by atoms with Crippen LogP contribution in [0.1, 0.15) is 56.9 Å². The molecule has 0 bridgehead atoms. The first-order valence-corrected chi connectivity index (χ1v) is 16.5. The van der Waals surface area contributed by atoms with Crippen molar-refractivity contribution in [3.63, 3.8) is 0 Å². The van der Waals surface area contributed by atoms with E-state index in [9.17, 15) is 0 Å². The van der Waals surface area contributed by atoms with Crippen molar-refractivity contribution in [1.82, 2.24) is 0 Å². The molecule has 0 saturated heterocycles. The van der Waals surface area contributed by atoms with Crippen LogP contribution in [0.25, 0.3) is 17.2 Å². The molecule has 0 radical (unpaired) electrons. The third-order valence-electron chi connectivity index (χ3n) is 9.45. The summed E-state index contributed by atoms with van der Waals surface area (Å²) in [6.07, 6.45) is 4.33. The Labute approximate surface area is 280 Å². The van der Waals surface area contributed by atoms with E-state index in [1.165, 1.54) is 44.9 Å². The van der Waals surface area contributed by atoms with Crippen LogP contribution in [0.2, 0.25) is 0 Å². The highest BCUT2D eigenvalue weighted by atomic mass is 15.2. The molecule has 0 fully saturated rings. The minimum absolute atomic E-state index is 0.113. The molecule has 7 rings (SSSR count). The summed E-state index contributed by atoms with van der Waals surface area (Å²) in [4.78, 5) is 4.66. The fourth-order valence-corrected chi connectivity index (χ4v) is 6.72. The second-order valence-electron chi connectivity index (χ2n) is 14.0. The highest BCUT2D eigenvalue weighted by Gasteiger charge is 2.37. The van der Waals surface area contributed by atoms with E-state index in [4.69, 9.17) is 0 Å². The van der Waals surface area contributed by atoms with Crippen LogP contribution in [0.5, 0.6) is 0 Å². The second kappa shape index (κ2) is 12.1. The average Bonchev–Trinajstić information content (AvgIpc) is 3.09. The topological polar surface area (TPSA) is 6.48 Å². The monoisotopic (exact) mass is 610 g/mol. The quantitative estimate of drug-likeness (QED) is 0.185. The summed E-state index contributed by atoms with van der Waals surface area (Å²) in [6, 6.07) is 54.8. The third-order valence-corrected chi connectivity index (χ3v) is 9.45. The van der Waals surface area contributed by atoms with Crippen LogP contribution < -0.4 is 9.80 Å². The van der Waals surface area contributed by atoms with Gasteiger partial charge in [-0.25, -0.2) is 0 Å². The zero-order valence-corrected chi connectivity index (χ0v) is 28.0. The van der Waals surface area contributed by atoms with Crippen molar-refractivity contribution in [2.75, 3.05) is 9.80 Å². The second-order valence-corrected chi connectivity index (χ2v) is 14.0. The summed E-state index contributed by atoms with van der Waals surface area (Å²) in [5.74, 6) is 0. The van der Waals surface area contributed by atoms with E-state index in [-0.39, 0.29) is 10.8 Å². The number of hydrogen-bond acceptors (Lipinski definition) is 2. The van der Waals surface area contributed by atoms with Gasteiger partial charge in [0, 0.05) is 28.7 Å². The molecule has 232 valence electrons. The lowest BCUT2D eigenvalue weighted by atomic mass is 9.73. The molecule has 6 aromatic carbocycles. The molecule has 47 heavy (non-hydrogen) atoms. The summed E-state index contributed by atoms with van der Waals surface area (Å²) < 4.78 is 0. The third kappa shape index (κ3) is 5.88. The fraction of sp³-hybridized carbons (Fsp3) is 0.156. The molecule has 0 atom stereocenters. The summed E-state index contributed by atoms with van der Waals surface area (Å²) in [5, 5.41) is 0. The van der Waals surface area contributed by atoms with Crippen LogP contribution in [0.15, 0.2) is 158 Å². The maximum absolute atomic E-state index is 2.44. The highest BCUT2D eigenvalue weighted by Crippen LogP contribution is 2.52. The molecule has 0 amide bonds. The van der Waals surface area contributed by atoms with E-state index in [1.807, 2.05) is 0 Å². The van der Waals surface area contributed by atoms with Gasteiger partial charge in [0.15, 0.2) is 0 Å². The normalized spacial score (nSPS) is 13.7. The Morgan fingerprint density at radius 3 is 1.72 bits per heavy atom. The molecular weight excluding hydrogens is 569 g/mol. The van der Waals surface area contributed by atoms with Gasteiger partial charge in [-0.3, -0.25) is 0 Å². The Balaban J connectivity index is 1.22. The number of para-hydroxylation sites is 3. The van der Waals surface area contributed by atoms with Crippen LogP contribution in [0, 0.1) is 0 Å². The van der Waals surface area contributed by atoms with E-state index >= 15 is 0 Å². The van der Waals surface area contributed by atoms with Crippen LogP contribution in [-0.2, 0) is 10.8 Å². The molecular formula is C45H42N2. The summed E-state index contributed by atoms with van der Waals surface area (Å²) in [6.45, 7) is 11.5. The van der Waals surface area contributed by atoms with E-state index in [1.54, 1.807) is 0 Å². The molecule has 0 saturated carbocycles. The molecule has 2 nitrogen and oxygen atoms in total. The first-order valence-electron chi connectivity index (χ1n) is 16.5. The molecule has 0 aliphatic carbocycles. The predicted octanol–water partition coefficient (Wildman–Crippen LogP) is 12.6. The summed E-state index contributed by atoms with van der Waals surface area (Å²) >= 11 is 0. The Morgan fingerprint density at radius 2 is 1.11 bits per heavy atom. The molecule has 1 heterocycles. The lowest BCUT2D eigenvalue weighted by Crippen LogP contribution is -2.30. The fourth-order valence-electron chi connectivity index (χ4n) is 6.72. The zero-order chi connectivity index (χ0) is 32.6. The van der Waals surface area contributed by atoms with Crippen molar-refractivity contribution >= 4 is 34.5 Å². The molecule has 0 unspecified atom stereocenters. The summed E-state index contributed by atoms with van der Waals surface area (Å²) in [7, 11) is 0. The van der Waals surface area contributed by atoms with Gasteiger partial charge >= 0.3 is 0 Å². The lowest BCUT2D eigenvalue weighted by Gasteiger charge is -2.42. The SMILES string of the molecule is CC(C)(C)c1ccc(N2c3ccccc3C(C)(C)c3cc(-c4ccc(/C=C/N(c5ccccc5)c5ccccc5)cc4)ccc32)cc1. The minimum Gasteiger partial charge on any atom is -0.317 e. The Bertz CT molecular complexity index is 1970. The highest BCUT2D eigenvalue weighted by molar-refractivity contribution is 5.87. The van der Waals surface area contributed by atoms with E-state index in [0.717, 1.165) is 16.9 Å². The van der Waals surface area contributed by atoms with Gasteiger partial charge in [0.25, 0.3) is 0 Å². The first kappa shape index (κ1) is 30.3. The van der Waals surface area contributed by atoms with Crippen molar-refractivity contribution in [3.8, 4) is 11.1 Å².